The minimum atomic E-state index is -0.174. The van der Waals surface area contributed by atoms with Crippen LogP contribution < -0.4 is 16.0 Å². The van der Waals surface area contributed by atoms with Gasteiger partial charge in [-0.15, -0.1) is 6.42 Å². The van der Waals surface area contributed by atoms with Gasteiger partial charge in [0.05, 0.1) is 13.2 Å². The summed E-state index contributed by atoms with van der Waals surface area (Å²) in [6.45, 7) is 7.20. The van der Waals surface area contributed by atoms with Crippen molar-refractivity contribution in [1.82, 2.24) is 15.5 Å². The summed E-state index contributed by atoms with van der Waals surface area (Å²) in [6, 6.07) is 7.26. The molecule has 1 aromatic rings. The van der Waals surface area contributed by atoms with Gasteiger partial charge in [-0.2, -0.15) is 0 Å². The fraction of sp³-hybridized carbons (Fsp3) is 0.583. The number of benzene rings is 1. The second kappa shape index (κ2) is 11.7. The number of morpholine rings is 1. The Balaban J connectivity index is 1.60. The Hall–Kier alpha value is -2.56. The number of anilines is 1. The van der Waals surface area contributed by atoms with E-state index in [-0.39, 0.29) is 18.0 Å². The Morgan fingerprint density at radius 2 is 2.00 bits per heavy atom. The first-order chi connectivity index (χ1) is 15.1. The molecule has 2 aliphatic rings. The number of ether oxygens (including phenoxy) is 1. The summed E-state index contributed by atoms with van der Waals surface area (Å²) < 4.78 is 5.57. The largest absolute Gasteiger partial charge is 0.379 e. The van der Waals surface area contributed by atoms with Crippen molar-refractivity contribution in [2.75, 3.05) is 51.3 Å². The van der Waals surface area contributed by atoms with Gasteiger partial charge in [0.1, 0.15) is 6.54 Å². The predicted octanol–water partition coefficient (Wildman–Crippen LogP) is 2.20. The number of carbonyl (C=O) groups excluding carboxylic acids is 1. The molecule has 1 saturated heterocycles. The zero-order chi connectivity index (χ0) is 21.9. The maximum Gasteiger partial charge on any atom is 0.246 e. The van der Waals surface area contributed by atoms with E-state index >= 15 is 0 Å². The molecule has 1 amide bonds. The Labute approximate surface area is 186 Å². The Bertz CT molecular complexity index is 789. The third-order valence-corrected chi connectivity index (χ3v) is 6.09. The molecule has 1 aromatic carbocycles. The summed E-state index contributed by atoms with van der Waals surface area (Å²) in [5, 5.41) is 9.64. The van der Waals surface area contributed by atoms with E-state index in [2.05, 4.69) is 31.8 Å². The Morgan fingerprint density at radius 3 is 2.71 bits per heavy atom. The van der Waals surface area contributed by atoms with Crippen LogP contribution in [-0.4, -0.2) is 68.2 Å². The average Bonchev–Trinajstić information content (AvgIpc) is 2.82. The lowest BCUT2D eigenvalue weighted by molar-refractivity contribution is -0.114. The number of hydrogen-bond donors (Lipinski definition) is 3. The van der Waals surface area contributed by atoms with Gasteiger partial charge in [-0.3, -0.25) is 9.69 Å². The first-order valence-corrected chi connectivity index (χ1v) is 11.4. The third-order valence-electron chi connectivity index (χ3n) is 6.09. The van der Waals surface area contributed by atoms with Crippen LogP contribution in [-0.2, 0) is 9.53 Å². The minimum absolute atomic E-state index is 0.0418. The van der Waals surface area contributed by atoms with E-state index in [4.69, 9.17) is 11.2 Å². The molecule has 0 aromatic heterocycles. The van der Waals surface area contributed by atoms with Crippen LogP contribution in [0, 0.1) is 12.3 Å². The number of nitrogens with zero attached hydrogens (tertiary/aromatic N) is 2. The second-order valence-corrected chi connectivity index (χ2v) is 8.21. The van der Waals surface area contributed by atoms with E-state index in [1.807, 2.05) is 25.1 Å². The highest BCUT2D eigenvalue weighted by Crippen LogP contribution is 2.33. The van der Waals surface area contributed by atoms with Crippen LogP contribution in [0.3, 0.4) is 0 Å². The van der Waals surface area contributed by atoms with Gasteiger partial charge < -0.3 is 20.7 Å². The van der Waals surface area contributed by atoms with Gasteiger partial charge in [0, 0.05) is 43.0 Å². The first-order valence-electron chi connectivity index (χ1n) is 11.4. The maximum absolute atomic E-state index is 12.4. The van der Waals surface area contributed by atoms with Gasteiger partial charge in [0.15, 0.2) is 5.96 Å². The fourth-order valence-corrected chi connectivity index (χ4v) is 4.48. The van der Waals surface area contributed by atoms with E-state index < -0.39 is 0 Å². The lowest BCUT2D eigenvalue weighted by Gasteiger charge is -2.48. The van der Waals surface area contributed by atoms with Crippen LogP contribution in [0.2, 0.25) is 0 Å². The summed E-state index contributed by atoms with van der Waals surface area (Å²) in [6.07, 6.45) is 11.6. The Kier molecular flexibility index (Phi) is 8.74. The molecule has 0 bridgehead atoms. The van der Waals surface area contributed by atoms with Crippen LogP contribution in [0.25, 0.3) is 0 Å². The van der Waals surface area contributed by atoms with E-state index in [1.165, 1.54) is 32.1 Å². The average molecular weight is 426 g/mol. The number of carbonyl (C=O) groups is 1. The standard InChI is InChI=1S/C24H35N5O2/c1-3-20-9-8-10-21(17-20)28-22(30)18-26-23(25-4-2)27-19-24(11-6-5-7-12-24)29-13-15-31-16-14-29/h1,8-10,17H,4-7,11-16,18-19H2,2H3,(H,28,30)(H2,25,26,27). The normalized spacial score (nSPS) is 19.3. The topological polar surface area (TPSA) is 78.0 Å². The number of guanidine groups is 1. The van der Waals surface area contributed by atoms with E-state index in [0.29, 0.717) is 11.6 Å². The van der Waals surface area contributed by atoms with Crippen molar-refractivity contribution in [1.29, 1.82) is 0 Å². The quantitative estimate of drug-likeness (QED) is 0.355. The molecular formula is C24H35N5O2. The van der Waals surface area contributed by atoms with Crippen LogP contribution in [0.4, 0.5) is 5.69 Å². The zero-order valence-corrected chi connectivity index (χ0v) is 18.6. The molecule has 7 nitrogen and oxygen atoms in total. The Morgan fingerprint density at radius 1 is 1.23 bits per heavy atom. The van der Waals surface area contributed by atoms with Crippen LogP contribution in [0.5, 0.6) is 0 Å². The summed E-state index contributed by atoms with van der Waals surface area (Å²) in [5.41, 5.74) is 1.55. The SMILES string of the molecule is C#Cc1cccc(NC(=O)CN=C(NCC)NCC2(N3CCOCC3)CCCCC2)c1. The van der Waals surface area contributed by atoms with Crippen molar-refractivity contribution >= 4 is 17.6 Å². The van der Waals surface area contributed by atoms with E-state index in [9.17, 15) is 4.79 Å². The minimum Gasteiger partial charge on any atom is -0.379 e. The van der Waals surface area contributed by atoms with Crippen LogP contribution in [0.15, 0.2) is 29.3 Å². The van der Waals surface area contributed by atoms with Crippen molar-refractivity contribution in [3.63, 3.8) is 0 Å². The highest BCUT2D eigenvalue weighted by Gasteiger charge is 2.38. The predicted molar refractivity (Wildman–Crippen MR) is 125 cm³/mol. The molecule has 31 heavy (non-hydrogen) atoms. The monoisotopic (exact) mass is 425 g/mol. The molecule has 168 valence electrons. The lowest BCUT2D eigenvalue weighted by Crippen LogP contribution is -2.60. The smallest absolute Gasteiger partial charge is 0.246 e. The molecule has 3 rings (SSSR count). The molecule has 3 N–H and O–H groups in total. The molecule has 1 aliphatic carbocycles. The highest BCUT2D eigenvalue weighted by atomic mass is 16.5. The van der Waals surface area contributed by atoms with Crippen molar-refractivity contribution in [3.05, 3.63) is 29.8 Å². The zero-order valence-electron chi connectivity index (χ0n) is 18.6. The number of hydrogen-bond acceptors (Lipinski definition) is 4. The maximum atomic E-state index is 12.4. The number of rotatable bonds is 7. The summed E-state index contributed by atoms with van der Waals surface area (Å²) >= 11 is 0. The number of nitrogens with one attached hydrogen (secondary N) is 3. The van der Waals surface area contributed by atoms with Gasteiger partial charge in [0.2, 0.25) is 5.91 Å². The third kappa shape index (κ3) is 6.71. The van der Waals surface area contributed by atoms with Gasteiger partial charge in [-0.1, -0.05) is 31.2 Å². The molecule has 1 aliphatic heterocycles. The molecule has 1 heterocycles. The molecule has 2 fully saturated rings. The summed E-state index contributed by atoms with van der Waals surface area (Å²) in [5.74, 6) is 3.08. The van der Waals surface area contributed by atoms with Crippen LogP contribution >= 0.6 is 0 Å². The van der Waals surface area contributed by atoms with Gasteiger partial charge in [-0.25, -0.2) is 4.99 Å². The van der Waals surface area contributed by atoms with Gasteiger partial charge >= 0.3 is 0 Å². The van der Waals surface area contributed by atoms with Gasteiger partial charge in [-0.05, 0) is 38.0 Å². The number of aliphatic imine (C=N–C) groups is 1. The second-order valence-electron chi connectivity index (χ2n) is 8.21. The molecule has 0 atom stereocenters. The molecule has 0 radical (unpaired) electrons. The fourth-order valence-electron chi connectivity index (χ4n) is 4.48. The molecular weight excluding hydrogens is 390 g/mol. The molecule has 0 spiro atoms. The van der Waals surface area contributed by atoms with Crippen molar-refractivity contribution in [2.45, 2.75) is 44.6 Å². The van der Waals surface area contributed by atoms with Crippen molar-refractivity contribution in [3.8, 4) is 12.3 Å². The molecule has 7 heteroatoms. The van der Waals surface area contributed by atoms with E-state index in [1.54, 1.807) is 6.07 Å². The van der Waals surface area contributed by atoms with Gasteiger partial charge in [0.25, 0.3) is 0 Å². The number of terminal acetylenes is 1. The molecule has 1 saturated carbocycles. The lowest BCUT2D eigenvalue weighted by atomic mass is 9.80. The number of amides is 1. The van der Waals surface area contributed by atoms with Crippen LogP contribution in [0.1, 0.15) is 44.6 Å². The summed E-state index contributed by atoms with van der Waals surface area (Å²) in [4.78, 5) is 19.5. The first kappa shape index (κ1) is 23.1. The molecule has 0 unspecified atom stereocenters. The van der Waals surface area contributed by atoms with Crippen molar-refractivity contribution in [2.24, 2.45) is 4.99 Å². The van der Waals surface area contributed by atoms with Crippen molar-refractivity contribution < 1.29 is 9.53 Å². The highest BCUT2D eigenvalue weighted by molar-refractivity contribution is 5.94. The van der Waals surface area contributed by atoms with E-state index in [0.717, 1.165) is 45.0 Å². The summed E-state index contributed by atoms with van der Waals surface area (Å²) in [7, 11) is 0.